The summed E-state index contributed by atoms with van der Waals surface area (Å²) < 4.78 is 25.6. The number of carboxylic acids is 1. The number of aromatic nitrogens is 1. The van der Waals surface area contributed by atoms with Crippen molar-refractivity contribution in [3.8, 4) is 0 Å². The van der Waals surface area contributed by atoms with Crippen molar-refractivity contribution in [2.75, 3.05) is 4.72 Å². The van der Waals surface area contributed by atoms with E-state index >= 15 is 0 Å². The van der Waals surface area contributed by atoms with Crippen LogP contribution in [0, 0.1) is 6.92 Å². The molecule has 0 unspecified atom stereocenters. The van der Waals surface area contributed by atoms with Gasteiger partial charge in [-0.15, -0.1) is 0 Å². The number of nitrogens with one attached hydrogen (secondary N) is 2. The smallest absolute Gasteiger partial charge is 0.354 e. The van der Waals surface area contributed by atoms with E-state index in [2.05, 4.69) is 9.71 Å². The molecule has 6 nitrogen and oxygen atoms in total. The lowest BCUT2D eigenvalue weighted by Gasteiger charge is -2.05. The van der Waals surface area contributed by atoms with E-state index in [-0.39, 0.29) is 16.6 Å². The first-order chi connectivity index (χ1) is 7.40. The van der Waals surface area contributed by atoms with Gasteiger partial charge in [-0.1, -0.05) is 0 Å². The zero-order valence-corrected chi connectivity index (χ0v) is 9.47. The lowest BCUT2D eigenvalue weighted by Crippen LogP contribution is -2.18. The van der Waals surface area contributed by atoms with Gasteiger partial charge in [0.15, 0.2) is 0 Å². The molecular formula is C9H12N2O4S. The number of carboxylic acid groups (broad SMARTS) is 1. The summed E-state index contributed by atoms with van der Waals surface area (Å²) in [6, 6.07) is 1.48. The molecule has 1 aromatic rings. The van der Waals surface area contributed by atoms with Crippen LogP contribution in [0.5, 0.6) is 0 Å². The number of sulfonamides is 1. The summed E-state index contributed by atoms with van der Waals surface area (Å²) in [6.07, 6.45) is 1.28. The van der Waals surface area contributed by atoms with E-state index in [1.807, 2.05) is 0 Å². The molecule has 88 valence electrons. The molecule has 1 aliphatic rings. The third kappa shape index (κ3) is 2.04. The van der Waals surface area contributed by atoms with E-state index in [9.17, 15) is 13.2 Å². The van der Waals surface area contributed by atoms with Crippen LogP contribution >= 0.6 is 0 Å². The van der Waals surface area contributed by atoms with Crippen LogP contribution in [0.1, 0.15) is 29.0 Å². The van der Waals surface area contributed by atoms with Crippen molar-refractivity contribution in [2.45, 2.75) is 25.0 Å². The number of hydrogen-bond donors (Lipinski definition) is 3. The lowest BCUT2D eigenvalue weighted by atomic mass is 10.4. The Balaban J connectivity index is 2.30. The van der Waals surface area contributed by atoms with Crippen LogP contribution in [0.4, 0.5) is 5.69 Å². The van der Waals surface area contributed by atoms with Crippen molar-refractivity contribution in [3.05, 3.63) is 17.5 Å². The first-order valence-electron chi connectivity index (χ1n) is 4.84. The first-order valence-corrected chi connectivity index (χ1v) is 6.39. The number of aromatic carboxylic acids is 1. The van der Waals surface area contributed by atoms with Crippen LogP contribution in [0.2, 0.25) is 0 Å². The van der Waals surface area contributed by atoms with E-state index in [1.165, 1.54) is 6.07 Å². The number of carbonyl (C=O) groups is 1. The second-order valence-electron chi connectivity index (χ2n) is 3.89. The Morgan fingerprint density at radius 3 is 2.69 bits per heavy atom. The van der Waals surface area contributed by atoms with Crippen molar-refractivity contribution in [3.63, 3.8) is 0 Å². The van der Waals surface area contributed by atoms with Gasteiger partial charge in [0.2, 0.25) is 10.0 Å². The summed E-state index contributed by atoms with van der Waals surface area (Å²) in [4.78, 5) is 13.4. The Bertz CT molecular complexity index is 528. The first kappa shape index (κ1) is 11.0. The Morgan fingerprint density at radius 1 is 1.56 bits per heavy atom. The van der Waals surface area contributed by atoms with Crippen molar-refractivity contribution in [2.24, 2.45) is 0 Å². The molecule has 0 radical (unpaired) electrons. The maximum absolute atomic E-state index is 11.6. The SMILES string of the molecule is Cc1cc(NS(=O)(=O)C2CC2)c(C(=O)O)[nH]1. The minimum atomic E-state index is -3.42. The highest BCUT2D eigenvalue weighted by Gasteiger charge is 2.36. The van der Waals surface area contributed by atoms with Gasteiger partial charge in [-0.2, -0.15) is 0 Å². The van der Waals surface area contributed by atoms with E-state index in [1.54, 1.807) is 6.92 Å². The minimum absolute atomic E-state index is 0.108. The summed E-state index contributed by atoms with van der Waals surface area (Å²) in [5.74, 6) is -1.18. The van der Waals surface area contributed by atoms with Gasteiger partial charge in [-0.3, -0.25) is 4.72 Å². The van der Waals surface area contributed by atoms with Crippen LogP contribution in [-0.2, 0) is 10.0 Å². The van der Waals surface area contributed by atoms with E-state index in [0.717, 1.165) is 0 Å². The number of aromatic amines is 1. The highest BCUT2D eigenvalue weighted by atomic mass is 32.2. The van der Waals surface area contributed by atoms with Gasteiger partial charge in [0.25, 0.3) is 0 Å². The fraction of sp³-hybridized carbons (Fsp3) is 0.444. The summed E-state index contributed by atoms with van der Waals surface area (Å²) in [7, 11) is -3.42. The largest absolute Gasteiger partial charge is 0.477 e. The van der Waals surface area contributed by atoms with Crippen LogP contribution < -0.4 is 4.72 Å². The molecule has 0 amide bonds. The maximum Gasteiger partial charge on any atom is 0.354 e. The molecule has 0 bridgehead atoms. The van der Waals surface area contributed by atoms with Crippen LogP contribution in [0.25, 0.3) is 0 Å². The highest BCUT2D eigenvalue weighted by Crippen LogP contribution is 2.30. The summed E-state index contributed by atoms with van der Waals surface area (Å²) >= 11 is 0. The number of hydrogen-bond acceptors (Lipinski definition) is 3. The molecule has 0 spiro atoms. The molecule has 0 aromatic carbocycles. The molecule has 0 aliphatic heterocycles. The van der Waals surface area contributed by atoms with Crippen molar-refractivity contribution in [1.29, 1.82) is 0 Å². The summed E-state index contributed by atoms with van der Waals surface area (Å²) in [5, 5.41) is 8.49. The van der Waals surface area contributed by atoms with Gasteiger partial charge in [0.1, 0.15) is 5.69 Å². The number of rotatable bonds is 4. The predicted molar refractivity (Wildman–Crippen MR) is 58.1 cm³/mol. The Labute approximate surface area is 92.7 Å². The Kier molecular flexibility index (Phi) is 2.42. The molecule has 16 heavy (non-hydrogen) atoms. The van der Waals surface area contributed by atoms with Crippen LogP contribution in [0.15, 0.2) is 6.07 Å². The minimum Gasteiger partial charge on any atom is -0.477 e. The maximum atomic E-state index is 11.6. The third-order valence-corrected chi connectivity index (χ3v) is 4.24. The molecule has 1 fully saturated rings. The molecule has 3 N–H and O–H groups in total. The van der Waals surface area contributed by atoms with Gasteiger partial charge >= 0.3 is 5.97 Å². The zero-order chi connectivity index (χ0) is 11.9. The monoisotopic (exact) mass is 244 g/mol. The molecule has 0 atom stereocenters. The van der Waals surface area contributed by atoms with Crippen molar-refractivity contribution in [1.82, 2.24) is 4.98 Å². The number of H-pyrrole nitrogens is 1. The number of anilines is 1. The molecule has 1 heterocycles. The van der Waals surface area contributed by atoms with E-state index in [4.69, 9.17) is 5.11 Å². The van der Waals surface area contributed by atoms with Gasteiger partial charge in [0.05, 0.1) is 10.9 Å². The van der Waals surface area contributed by atoms with Gasteiger partial charge in [0, 0.05) is 5.69 Å². The molecule has 0 saturated heterocycles. The summed E-state index contributed by atoms with van der Waals surface area (Å²) in [5.41, 5.74) is 0.588. The number of aryl methyl sites for hydroxylation is 1. The zero-order valence-electron chi connectivity index (χ0n) is 8.65. The second-order valence-corrected chi connectivity index (χ2v) is 5.85. The van der Waals surface area contributed by atoms with E-state index < -0.39 is 16.0 Å². The molecule has 1 saturated carbocycles. The lowest BCUT2D eigenvalue weighted by molar-refractivity contribution is 0.0692. The predicted octanol–water partition coefficient (Wildman–Crippen LogP) is 0.925. The van der Waals surface area contributed by atoms with E-state index in [0.29, 0.717) is 18.5 Å². The normalized spacial score (nSPS) is 16.1. The standard InChI is InChI=1S/C9H12N2O4S/c1-5-4-7(8(10-5)9(12)13)11-16(14,15)6-2-3-6/h4,6,10-11H,2-3H2,1H3,(H,12,13). The van der Waals surface area contributed by atoms with Crippen LogP contribution in [-0.4, -0.2) is 29.7 Å². The average molecular weight is 244 g/mol. The molecule has 1 aliphatic carbocycles. The molecule has 1 aromatic heterocycles. The van der Waals surface area contributed by atoms with Gasteiger partial charge < -0.3 is 10.1 Å². The van der Waals surface area contributed by atoms with Crippen molar-refractivity contribution < 1.29 is 18.3 Å². The summed E-state index contributed by atoms with van der Waals surface area (Å²) in [6.45, 7) is 1.67. The fourth-order valence-electron chi connectivity index (χ4n) is 1.45. The van der Waals surface area contributed by atoms with Gasteiger partial charge in [-0.25, -0.2) is 13.2 Å². The Morgan fingerprint density at radius 2 is 2.19 bits per heavy atom. The fourth-order valence-corrected chi connectivity index (χ4v) is 2.84. The van der Waals surface area contributed by atoms with Crippen LogP contribution in [0.3, 0.4) is 0 Å². The van der Waals surface area contributed by atoms with Crippen molar-refractivity contribution >= 4 is 21.7 Å². The topological polar surface area (TPSA) is 99.3 Å². The Hall–Kier alpha value is -1.50. The van der Waals surface area contributed by atoms with Gasteiger partial charge in [-0.05, 0) is 25.8 Å². The molecule has 2 rings (SSSR count). The third-order valence-electron chi connectivity index (χ3n) is 2.38. The quantitative estimate of drug-likeness (QED) is 0.733. The average Bonchev–Trinajstić information content (AvgIpc) is 2.91. The molecule has 7 heteroatoms. The second kappa shape index (κ2) is 3.51. The molecular weight excluding hydrogens is 232 g/mol. The highest BCUT2D eigenvalue weighted by molar-refractivity contribution is 7.93.